The third kappa shape index (κ3) is 4.45. The van der Waals surface area contributed by atoms with E-state index in [9.17, 15) is 8.42 Å². The minimum atomic E-state index is -3.53. The summed E-state index contributed by atoms with van der Waals surface area (Å²) in [4.78, 5) is 0.143. The van der Waals surface area contributed by atoms with E-state index in [1.807, 2.05) is 6.92 Å². The number of halogens is 1. The first-order chi connectivity index (χ1) is 8.89. The largest absolute Gasteiger partial charge is 0.396 e. The number of hydrogen-bond donors (Lipinski definition) is 1. The lowest BCUT2D eigenvalue weighted by Crippen LogP contribution is -2.28. The van der Waals surface area contributed by atoms with Gasteiger partial charge in [-0.25, -0.2) is 12.7 Å². The monoisotopic (exact) mass is 305 g/mol. The van der Waals surface area contributed by atoms with Gasteiger partial charge in [0.05, 0.1) is 5.02 Å². The first kappa shape index (κ1) is 16.4. The van der Waals surface area contributed by atoms with E-state index >= 15 is 0 Å². The molecule has 0 bridgehead atoms. The fourth-order valence-electron chi connectivity index (χ4n) is 1.73. The first-order valence-electron chi connectivity index (χ1n) is 6.23. The zero-order valence-corrected chi connectivity index (χ0v) is 12.8. The van der Waals surface area contributed by atoms with E-state index in [2.05, 4.69) is 0 Å². The van der Waals surface area contributed by atoms with Gasteiger partial charge in [0.15, 0.2) is 0 Å². The van der Waals surface area contributed by atoms with Crippen LogP contribution in [0.4, 0.5) is 0 Å². The summed E-state index contributed by atoms with van der Waals surface area (Å²) in [6.07, 6.45) is 2.22. The van der Waals surface area contributed by atoms with Crippen molar-refractivity contribution in [1.82, 2.24) is 4.31 Å². The van der Waals surface area contributed by atoms with Crippen LogP contribution in [0.25, 0.3) is 0 Å². The van der Waals surface area contributed by atoms with Crippen LogP contribution in [-0.4, -0.2) is 38.0 Å². The molecular weight excluding hydrogens is 286 g/mol. The van der Waals surface area contributed by atoms with Gasteiger partial charge >= 0.3 is 0 Å². The summed E-state index contributed by atoms with van der Waals surface area (Å²) in [7, 11) is -1.99. The summed E-state index contributed by atoms with van der Waals surface area (Å²) in [6.45, 7) is 2.42. The summed E-state index contributed by atoms with van der Waals surface area (Å²) in [5.74, 6) is 0. The van der Waals surface area contributed by atoms with Gasteiger partial charge in [-0.05, 0) is 43.9 Å². The van der Waals surface area contributed by atoms with Gasteiger partial charge in [-0.1, -0.05) is 17.7 Å². The number of rotatable bonds is 7. The molecule has 1 N–H and O–H groups in total. The highest BCUT2D eigenvalue weighted by atomic mass is 35.5. The molecular formula is C13H20ClNO3S. The Morgan fingerprint density at radius 3 is 2.53 bits per heavy atom. The number of nitrogens with zero attached hydrogens (tertiary/aromatic N) is 1. The van der Waals surface area contributed by atoms with Crippen molar-refractivity contribution >= 4 is 21.6 Å². The maximum Gasteiger partial charge on any atom is 0.244 e. The number of aliphatic hydroxyl groups excluding tert-OH is 1. The summed E-state index contributed by atoms with van der Waals surface area (Å²) < 4.78 is 25.9. The molecule has 6 heteroatoms. The van der Waals surface area contributed by atoms with E-state index in [-0.39, 0.29) is 16.5 Å². The number of benzene rings is 1. The van der Waals surface area contributed by atoms with E-state index < -0.39 is 10.0 Å². The van der Waals surface area contributed by atoms with Crippen molar-refractivity contribution in [2.24, 2.45) is 0 Å². The van der Waals surface area contributed by atoms with E-state index in [0.717, 1.165) is 18.4 Å². The summed E-state index contributed by atoms with van der Waals surface area (Å²) in [5, 5.41) is 8.93. The maximum atomic E-state index is 12.3. The molecule has 4 nitrogen and oxygen atoms in total. The number of aliphatic hydroxyl groups is 1. The molecule has 0 saturated carbocycles. The molecule has 0 heterocycles. The van der Waals surface area contributed by atoms with Crippen LogP contribution >= 0.6 is 11.6 Å². The number of sulfonamides is 1. The standard InChI is InChI=1S/C13H20ClNO3S/c1-11-6-7-13(12(14)10-11)19(17,18)15(2)8-4-3-5-9-16/h6-7,10,16H,3-5,8-9H2,1-2H3. The van der Waals surface area contributed by atoms with E-state index in [4.69, 9.17) is 16.7 Å². The van der Waals surface area contributed by atoms with Gasteiger partial charge < -0.3 is 5.11 Å². The second-order valence-corrected chi connectivity index (χ2v) is 6.97. The van der Waals surface area contributed by atoms with Gasteiger partial charge in [0.2, 0.25) is 10.0 Å². The van der Waals surface area contributed by atoms with Crippen LogP contribution in [0.15, 0.2) is 23.1 Å². The average molecular weight is 306 g/mol. The second-order valence-electron chi connectivity index (χ2n) is 4.54. The number of aryl methyl sites for hydroxylation is 1. The van der Waals surface area contributed by atoms with Gasteiger partial charge in [0.1, 0.15) is 4.90 Å². The van der Waals surface area contributed by atoms with Crippen LogP contribution in [0.3, 0.4) is 0 Å². The van der Waals surface area contributed by atoms with Crippen molar-refractivity contribution in [1.29, 1.82) is 0 Å². The molecule has 0 saturated heterocycles. The Kier molecular flexibility index (Phi) is 6.26. The third-order valence-electron chi connectivity index (χ3n) is 2.91. The average Bonchev–Trinajstić information content (AvgIpc) is 2.33. The van der Waals surface area contributed by atoms with E-state index in [0.29, 0.717) is 13.0 Å². The van der Waals surface area contributed by atoms with Crippen LogP contribution in [0.1, 0.15) is 24.8 Å². The highest BCUT2D eigenvalue weighted by Gasteiger charge is 2.22. The normalized spacial score (nSPS) is 12.1. The highest BCUT2D eigenvalue weighted by molar-refractivity contribution is 7.89. The minimum Gasteiger partial charge on any atom is -0.396 e. The molecule has 0 amide bonds. The van der Waals surface area contributed by atoms with Crippen LogP contribution < -0.4 is 0 Å². The Hall–Kier alpha value is -0.620. The Bertz CT molecular complexity index is 517. The molecule has 0 radical (unpaired) electrons. The highest BCUT2D eigenvalue weighted by Crippen LogP contribution is 2.25. The van der Waals surface area contributed by atoms with Crippen LogP contribution in [0.5, 0.6) is 0 Å². The zero-order valence-electron chi connectivity index (χ0n) is 11.3. The molecule has 0 aliphatic carbocycles. The number of hydrogen-bond acceptors (Lipinski definition) is 3. The third-order valence-corrected chi connectivity index (χ3v) is 5.25. The fraction of sp³-hybridized carbons (Fsp3) is 0.538. The van der Waals surface area contributed by atoms with Gasteiger partial charge in [0.25, 0.3) is 0 Å². The van der Waals surface area contributed by atoms with Crippen molar-refractivity contribution in [3.8, 4) is 0 Å². The zero-order chi connectivity index (χ0) is 14.5. The number of unbranched alkanes of at least 4 members (excludes halogenated alkanes) is 2. The Balaban J connectivity index is 2.79. The van der Waals surface area contributed by atoms with E-state index in [1.54, 1.807) is 19.2 Å². The van der Waals surface area contributed by atoms with Crippen LogP contribution in [-0.2, 0) is 10.0 Å². The van der Waals surface area contributed by atoms with Crippen molar-refractivity contribution < 1.29 is 13.5 Å². The molecule has 1 rings (SSSR count). The molecule has 1 aromatic rings. The lowest BCUT2D eigenvalue weighted by Gasteiger charge is -2.18. The molecule has 108 valence electrons. The van der Waals surface area contributed by atoms with Crippen molar-refractivity contribution in [3.05, 3.63) is 28.8 Å². The predicted molar refractivity (Wildman–Crippen MR) is 76.9 cm³/mol. The summed E-state index contributed by atoms with van der Waals surface area (Å²) in [5.41, 5.74) is 0.926. The first-order valence-corrected chi connectivity index (χ1v) is 8.04. The molecule has 0 aliphatic heterocycles. The SMILES string of the molecule is Cc1ccc(S(=O)(=O)N(C)CCCCCO)c(Cl)c1. The molecule has 0 aliphatic rings. The van der Waals surface area contributed by atoms with Crippen molar-refractivity contribution in [2.45, 2.75) is 31.1 Å². The van der Waals surface area contributed by atoms with Gasteiger partial charge in [0, 0.05) is 20.2 Å². The molecule has 1 aromatic carbocycles. The Morgan fingerprint density at radius 1 is 1.26 bits per heavy atom. The van der Waals surface area contributed by atoms with Crippen molar-refractivity contribution in [2.75, 3.05) is 20.2 Å². The lowest BCUT2D eigenvalue weighted by molar-refractivity contribution is 0.281. The molecule has 0 unspecified atom stereocenters. The minimum absolute atomic E-state index is 0.139. The molecule has 0 aromatic heterocycles. The van der Waals surface area contributed by atoms with Crippen molar-refractivity contribution in [3.63, 3.8) is 0 Å². The Morgan fingerprint density at radius 2 is 1.95 bits per heavy atom. The quantitative estimate of drug-likeness (QED) is 0.787. The van der Waals surface area contributed by atoms with Gasteiger partial charge in [-0.2, -0.15) is 0 Å². The maximum absolute atomic E-state index is 12.3. The fourth-order valence-corrected chi connectivity index (χ4v) is 3.50. The van der Waals surface area contributed by atoms with E-state index in [1.165, 1.54) is 10.4 Å². The Labute approximate surface area is 120 Å². The summed E-state index contributed by atoms with van der Waals surface area (Å²) >= 11 is 6.00. The molecule has 0 fully saturated rings. The second kappa shape index (κ2) is 7.24. The van der Waals surface area contributed by atoms with Crippen LogP contribution in [0, 0.1) is 6.92 Å². The molecule has 0 spiro atoms. The summed E-state index contributed by atoms with van der Waals surface area (Å²) in [6, 6.07) is 4.92. The van der Waals surface area contributed by atoms with Crippen LogP contribution in [0.2, 0.25) is 5.02 Å². The van der Waals surface area contributed by atoms with Gasteiger partial charge in [-0.3, -0.25) is 0 Å². The lowest BCUT2D eigenvalue weighted by atomic mass is 10.2. The topological polar surface area (TPSA) is 57.6 Å². The molecule has 0 atom stereocenters. The van der Waals surface area contributed by atoms with Gasteiger partial charge in [-0.15, -0.1) is 0 Å². The molecule has 19 heavy (non-hydrogen) atoms. The predicted octanol–water partition coefficient (Wildman–Crippen LogP) is 2.43. The smallest absolute Gasteiger partial charge is 0.244 e.